The van der Waals surface area contributed by atoms with Gasteiger partial charge in [0.2, 0.25) is 0 Å². The van der Waals surface area contributed by atoms with Crippen LogP contribution in [0.25, 0.3) is 0 Å². The van der Waals surface area contributed by atoms with Crippen molar-refractivity contribution in [3.05, 3.63) is 36.5 Å². The largest absolute Gasteiger partial charge is 0.472 e. The van der Waals surface area contributed by atoms with Gasteiger partial charge < -0.3 is 18.9 Å². The minimum atomic E-state index is -4.38. The lowest BCUT2D eigenvalue weighted by Gasteiger charge is -2.24. The molecule has 0 aliphatic heterocycles. The number of carbonyl (C=O) groups is 2. The topological polar surface area (TPSA) is 108 Å². The number of phosphoric ester groups is 1. The molecular weight excluding hydrogens is 750 g/mol. The van der Waals surface area contributed by atoms with Crippen molar-refractivity contribution in [2.24, 2.45) is 0 Å². The number of unbranched alkanes of at least 4 members (excludes halogenated alkanes) is 23. The molecule has 0 fully saturated rings. The third-order valence-corrected chi connectivity index (χ3v) is 11.2. The third kappa shape index (κ3) is 43.8. The van der Waals surface area contributed by atoms with E-state index in [1.54, 1.807) is 0 Å². The van der Waals surface area contributed by atoms with E-state index < -0.39 is 26.5 Å². The number of esters is 2. The molecule has 340 valence electrons. The van der Waals surface area contributed by atoms with E-state index in [4.69, 9.17) is 18.5 Å². The van der Waals surface area contributed by atoms with Crippen LogP contribution >= 0.6 is 7.82 Å². The first-order chi connectivity index (χ1) is 28.0. The summed E-state index contributed by atoms with van der Waals surface area (Å²) in [4.78, 5) is 35.5. The smallest absolute Gasteiger partial charge is 0.462 e. The van der Waals surface area contributed by atoms with Gasteiger partial charge >= 0.3 is 19.8 Å². The lowest BCUT2D eigenvalue weighted by atomic mass is 10.0. The number of hydrogen-bond donors (Lipinski definition) is 1. The lowest BCUT2D eigenvalue weighted by Crippen LogP contribution is -2.37. The highest BCUT2D eigenvalue weighted by molar-refractivity contribution is 7.47. The molecule has 0 spiro atoms. The highest BCUT2D eigenvalue weighted by atomic mass is 31.2. The zero-order valence-corrected chi connectivity index (χ0v) is 39.2. The lowest BCUT2D eigenvalue weighted by molar-refractivity contribution is -0.870. The van der Waals surface area contributed by atoms with Crippen molar-refractivity contribution in [1.82, 2.24) is 0 Å². The van der Waals surface area contributed by atoms with Gasteiger partial charge in [-0.1, -0.05) is 185 Å². The molecular formula is C48H91NO8P+. The summed E-state index contributed by atoms with van der Waals surface area (Å²) in [5.74, 6) is -0.803. The Morgan fingerprint density at radius 1 is 0.552 bits per heavy atom. The van der Waals surface area contributed by atoms with Gasteiger partial charge in [-0.25, -0.2) is 4.57 Å². The monoisotopic (exact) mass is 841 g/mol. The molecule has 0 aromatic carbocycles. The molecule has 9 nitrogen and oxygen atoms in total. The van der Waals surface area contributed by atoms with E-state index in [1.807, 2.05) is 21.1 Å². The highest BCUT2D eigenvalue weighted by Gasteiger charge is 2.27. The Balaban J connectivity index is 4.30. The molecule has 0 aromatic rings. The van der Waals surface area contributed by atoms with E-state index in [0.717, 1.165) is 64.2 Å². The van der Waals surface area contributed by atoms with Crippen LogP contribution in [0.5, 0.6) is 0 Å². The summed E-state index contributed by atoms with van der Waals surface area (Å²) >= 11 is 0. The molecule has 0 saturated heterocycles. The molecule has 0 aliphatic carbocycles. The summed E-state index contributed by atoms with van der Waals surface area (Å²) in [7, 11) is 1.47. The number of quaternary nitrogens is 1. The molecule has 1 N–H and O–H groups in total. The van der Waals surface area contributed by atoms with Crippen LogP contribution in [-0.2, 0) is 32.7 Å². The second-order valence-electron chi connectivity index (χ2n) is 17.1. The number of hydrogen-bond acceptors (Lipinski definition) is 7. The number of carbonyl (C=O) groups excluding carboxylic acids is 2. The minimum Gasteiger partial charge on any atom is -0.462 e. The first-order valence-electron chi connectivity index (χ1n) is 23.7. The maximum Gasteiger partial charge on any atom is 0.472 e. The average Bonchev–Trinajstić information content (AvgIpc) is 3.17. The summed E-state index contributed by atoms with van der Waals surface area (Å²) in [5.41, 5.74) is 0. The van der Waals surface area contributed by atoms with Gasteiger partial charge in [0.25, 0.3) is 0 Å². The summed E-state index contributed by atoms with van der Waals surface area (Å²) in [5, 5.41) is 0. The summed E-state index contributed by atoms with van der Waals surface area (Å²) in [6, 6.07) is 0. The number of allylic oxidation sites excluding steroid dienone is 6. The zero-order chi connectivity index (χ0) is 42.8. The van der Waals surface area contributed by atoms with Crippen molar-refractivity contribution in [3.63, 3.8) is 0 Å². The van der Waals surface area contributed by atoms with Crippen LogP contribution in [0.2, 0.25) is 0 Å². The van der Waals surface area contributed by atoms with Gasteiger partial charge in [0.05, 0.1) is 27.7 Å². The molecule has 0 amide bonds. The minimum absolute atomic E-state index is 0.0303. The molecule has 0 rings (SSSR count). The van der Waals surface area contributed by atoms with Crippen LogP contribution < -0.4 is 0 Å². The molecule has 0 saturated carbocycles. The van der Waals surface area contributed by atoms with E-state index in [0.29, 0.717) is 23.9 Å². The van der Waals surface area contributed by atoms with Crippen molar-refractivity contribution in [1.29, 1.82) is 0 Å². The number of likely N-dealkylation sites (N-methyl/N-ethyl adjacent to an activating group) is 1. The van der Waals surface area contributed by atoms with Gasteiger partial charge in [-0.05, 0) is 44.9 Å². The molecule has 0 aromatic heterocycles. The number of nitrogens with zero attached hydrogens (tertiary/aromatic N) is 1. The third-order valence-electron chi connectivity index (χ3n) is 10.2. The van der Waals surface area contributed by atoms with E-state index in [9.17, 15) is 19.0 Å². The van der Waals surface area contributed by atoms with Crippen LogP contribution in [0.4, 0.5) is 0 Å². The molecule has 10 heteroatoms. The SMILES string of the molecule is CC/C=C\C/C=C\C/C=C\CCCCCCCCCC(=O)OC(COC(=O)CCCCCCCCCCCCCCCCCCC)COP(=O)(O)OCC[N+](C)(C)C. The fourth-order valence-corrected chi connectivity index (χ4v) is 7.24. The second kappa shape index (κ2) is 40.6. The van der Waals surface area contributed by atoms with Gasteiger partial charge in [-0.15, -0.1) is 0 Å². The quantitative estimate of drug-likeness (QED) is 0.0213. The molecule has 0 radical (unpaired) electrons. The Morgan fingerprint density at radius 3 is 1.47 bits per heavy atom. The second-order valence-corrected chi connectivity index (χ2v) is 18.6. The molecule has 0 aliphatic rings. The zero-order valence-electron chi connectivity index (χ0n) is 38.3. The van der Waals surface area contributed by atoms with Crippen LogP contribution in [-0.4, -0.2) is 74.9 Å². The van der Waals surface area contributed by atoms with Crippen LogP contribution in [0.1, 0.15) is 206 Å². The fourth-order valence-electron chi connectivity index (χ4n) is 6.50. The number of ether oxygens (including phenoxy) is 2. The van der Waals surface area contributed by atoms with Crippen LogP contribution in [0.3, 0.4) is 0 Å². The standard InChI is InChI=1S/C48H90NO8P/c1-6-8-10-12-14-16-18-20-22-24-26-28-30-32-34-36-38-40-47(50)54-44-46(45-56-58(52,53)55-43-42-49(3,4)5)57-48(51)41-39-37-35-33-31-29-27-25-23-21-19-17-15-13-11-9-7-2/h9,11,15,17,21,23,46H,6-8,10,12-14,16,18-20,22,24-45H2,1-5H3/p+1/b11-9-,17-15-,23-21-. The van der Waals surface area contributed by atoms with Crippen LogP contribution in [0.15, 0.2) is 36.5 Å². The van der Waals surface area contributed by atoms with Gasteiger partial charge in [-0.3, -0.25) is 18.6 Å². The Labute approximate surface area is 357 Å². The first kappa shape index (κ1) is 56.2. The summed E-state index contributed by atoms with van der Waals surface area (Å²) in [6.45, 7) is 4.32. The Kier molecular flexibility index (Phi) is 39.4. The van der Waals surface area contributed by atoms with E-state index in [-0.39, 0.29) is 25.6 Å². The molecule has 58 heavy (non-hydrogen) atoms. The number of rotatable bonds is 43. The maximum absolute atomic E-state index is 12.7. The fraction of sp³-hybridized carbons (Fsp3) is 0.833. The normalized spacial score (nSPS) is 13.8. The van der Waals surface area contributed by atoms with Gasteiger partial charge in [0.1, 0.15) is 19.8 Å². The molecule has 0 heterocycles. The molecule has 2 unspecified atom stereocenters. The van der Waals surface area contributed by atoms with E-state index in [1.165, 1.54) is 109 Å². The van der Waals surface area contributed by atoms with Crippen molar-refractivity contribution in [2.45, 2.75) is 213 Å². The van der Waals surface area contributed by atoms with Crippen LogP contribution in [0, 0.1) is 0 Å². The van der Waals surface area contributed by atoms with Crippen molar-refractivity contribution in [3.8, 4) is 0 Å². The average molecular weight is 841 g/mol. The maximum atomic E-state index is 12.7. The molecule has 0 bridgehead atoms. The Hall–Kier alpha value is -1.77. The Bertz CT molecular complexity index is 1090. The van der Waals surface area contributed by atoms with Crippen molar-refractivity contribution in [2.75, 3.05) is 47.5 Å². The van der Waals surface area contributed by atoms with E-state index in [2.05, 4.69) is 50.3 Å². The predicted molar refractivity (Wildman–Crippen MR) is 243 cm³/mol. The molecule has 2 atom stereocenters. The highest BCUT2D eigenvalue weighted by Crippen LogP contribution is 2.43. The van der Waals surface area contributed by atoms with Gasteiger partial charge in [0.15, 0.2) is 6.10 Å². The Morgan fingerprint density at radius 2 is 0.983 bits per heavy atom. The summed E-state index contributed by atoms with van der Waals surface area (Å²) < 4.78 is 34.4. The first-order valence-corrected chi connectivity index (χ1v) is 25.2. The predicted octanol–water partition coefficient (Wildman–Crippen LogP) is 13.7. The number of phosphoric acid groups is 1. The summed E-state index contributed by atoms with van der Waals surface area (Å²) in [6.07, 6.45) is 46.1. The van der Waals surface area contributed by atoms with Crippen molar-refractivity contribution < 1.29 is 42.1 Å². The van der Waals surface area contributed by atoms with E-state index >= 15 is 0 Å². The van der Waals surface area contributed by atoms with Gasteiger partial charge in [-0.2, -0.15) is 0 Å². The van der Waals surface area contributed by atoms with Gasteiger partial charge in [0, 0.05) is 12.8 Å². The van der Waals surface area contributed by atoms with Crippen molar-refractivity contribution >= 4 is 19.8 Å².